The minimum atomic E-state index is -1.06. The number of methoxy groups -OCH3 is 2. The van der Waals surface area contributed by atoms with Gasteiger partial charge < -0.3 is 28.5 Å². The van der Waals surface area contributed by atoms with Gasteiger partial charge in [0, 0.05) is 30.2 Å². The number of ether oxygens (including phenoxy) is 4. The van der Waals surface area contributed by atoms with Gasteiger partial charge in [0.25, 0.3) is 5.91 Å². The summed E-state index contributed by atoms with van der Waals surface area (Å²) in [5.74, 6) is 3.16. The summed E-state index contributed by atoms with van der Waals surface area (Å²) in [7, 11) is 3.19. The Hall–Kier alpha value is -3.64. The predicted molar refractivity (Wildman–Crippen MR) is 187 cm³/mol. The number of aryl methyl sites for hydroxylation is 1. The minimum absolute atomic E-state index is 0.0409. The van der Waals surface area contributed by atoms with E-state index >= 15 is 0 Å². The number of thiocarbonyl (C=S) groups is 1. The van der Waals surface area contributed by atoms with E-state index in [0.717, 1.165) is 29.5 Å². The first-order valence-electron chi connectivity index (χ1n) is 16.4. The van der Waals surface area contributed by atoms with Crippen molar-refractivity contribution in [3.8, 4) is 22.8 Å². The van der Waals surface area contributed by atoms with Crippen LogP contribution in [0.5, 0.6) is 11.5 Å². The quantitative estimate of drug-likeness (QED) is 0.0581. The van der Waals surface area contributed by atoms with E-state index in [2.05, 4.69) is 0 Å². The summed E-state index contributed by atoms with van der Waals surface area (Å²) in [6.45, 7) is 0.458. The van der Waals surface area contributed by atoms with E-state index < -0.39 is 12.3 Å². The van der Waals surface area contributed by atoms with Crippen LogP contribution in [0.4, 0.5) is 0 Å². The Morgan fingerprint density at radius 2 is 1.88 bits per heavy atom. The molecule has 1 aromatic heterocycles. The van der Waals surface area contributed by atoms with Crippen molar-refractivity contribution >= 4 is 46.3 Å². The highest BCUT2D eigenvalue weighted by atomic mass is 32.2. The molecule has 0 radical (unpaired) electrons. The zero-order valence-corrected chi connectivity index (χ0v) is 28.9. The van der Waals surface area contributed by atoms with E-state index in [1.807, 2.05) is 53.4 Å². The first kappa shape index (κ1) is 34.2. The molecule has 4 atom stereocenters. The molecule has 9 nitrogen and oxygen atoms in total. The van der Waals surface area contributed by atoms with Crippen molar-refractivity contribution in [2.75, 3.05) is 20.8 Å². The number of nitrogens with zero attached hydrogens (tertiary/aromatic N) is 1. The van der Waals surface area contributed by atoms with Crippen molar-refractivity contribution in [1.82, 2.24) is 4.90 Å². The number of benzene rings is 2. The van der Waals surface area contributed by atoms with Crippen LogP contribution < -0.4 is 9.47 Å². The Morgan fingerprint density at radius 3 is 2.56 bits per heavy atom. The van der Waals surface area contributed by atoms with Gasteiger partial charge in [0.1, 0.15) is 27.3 Å². The van der Waals surface area contributed by atoms with Gasteiger partial charge in [-0.25, -0.2) is 0 Å². The number of hydrogen-bond acceptors (Lipinski definition) is 10. The number of fused-ring (bicyclic) bond motifs is 2. The topological polar surface area (TPSA) is 108 Å². The molecule has 11 heteroatoms. The third-order valence-corrected chi connectivity index (χ3v) is 10.7. The smallest absolute Gasteiger partial charge is 0.305 e. The fourth-order valence-electron chi connectivity index (χ4n) is 6.88. The lowest BCUT2D eigenvalue weighted by atomic mass is 9.94. The van der Waals surface area contributed by atoms with E-state index in [1.165, 1.54) is 24.6 Å². The third kappa shape index (κ3) is 8.14. The average Bonchev–Trinajstić information content (AvgIpc) is 3.89. The van der Waals surface area contributed by atoms with Crippen LogP contribution >= 0.6 is 24.0 Å². The van der Waals surface area contributed by atoms with Crippen LogP contribution in [-0.2, 0) is 32.1 Å². The Labute approximate surface area is 290 Å². The summed E-state index contributed by atoms with van der Waals surface area (Å²) >= 11 is 7.04. The SMILES string of the molecule is COc1cc(OC)cc(-c2cc(CCCOC(=O)CCC(O)OCc3ccccc3)c(C=C3SC(=S)N(C4CC5CCC4C5)C3=O)o2)c1. The third-order valence-electron chi connectivity index (χ3n) is 9.33. The lowest BCUT2D eigenvalue weighted by molar-refractivity contribution is -0.149. The number of thioether (sulfide) groups is 1. The summed E-state index contributed by atoms with van der Waals surface area (Å²) < 4.78 is 28.8. The zero-order valence-electron chi connectivity index (χ0n) is 27.2. The highest BCUT2D eigenvalue weighted by Gasteiger charge is 2.48. The number of aliphatic hydroxyl groups excluding tert-OH is 1. The molecule has 3 aromatic rings. The van der Waals surface area contributed by atoms with Crippen LogP contribution in [0.25, 0.3) is 17.4 Å². The van der Waals surface area contributed by atoms with Crippen LogP contribution in [0.3, 0.4) is 0 Å². The Kier molecular flexibility index (Phi) is 11.2. The highest BCUT2D eigenvalue weighted by molar-refractivity contribution is 8.26. The normalized spacial score (nSPS) is 21.7. The van der Waals surface area contributed by atoms with Crippen molar-refractivity contribution in [1.29, 1.82) is 0 Å². The molecule has 1 aliphatic heterocycles. The van der Waals surface area contributed by atoms with Gasteiger partial charge in [-0.3, -0.25) is 14.5 Å². The van der Waals surface area contributed by atoms with Crippen molar-refractivity contribution in [2.45, 2.75) is 70.3 Å². The van der Waals surface area contributed by atoms with E-state index in [9.17, 15) is 14.7 Å². The van der Waals surface area contributed by atoms with E-state index in [-0.39, 0.29) is 38.0 Å². The van der Waals surface area contributed by atoms with Crippen molar-refractivity contribution < 1.29 is 38.1 Å². The number of esters is 1. The molecule has 2 aromatic carbocycles. The maximum atomic E-state index is 13.7. The summed E-state index contributed by atoms with van der Waals surface area (Å²) in [6, 6.07) is 17.2. The molecule has 1 N–H and O–H groups in total. The van der Waals surface area contributed by atoms with E-state index in [4.69, 9.17) is 35.6 Å². The summed E-state index contributed by atoms with van der Waals surface area (Å²) in [6.07, 6.45) is 6.62. The summed E-state index contributed by atoms with van der Waals surface area (Å²) in [5.41, 5.74) is 2.58. The second kappa shape index (κ2) is 15.7. The maximum absolute atomic E-state index is 13.7. The molecule has 1 amide bonds. The molecule has 3 fully saturated rings. The molecule has 4 unspecified atom stereocenters. The minimum Gasteiger partial charge on any atom is -0.497 e. The number of carbonyl (C=O) groups excluding carboxylic acids is 2. The van der Waals surface area contributed by atoms with Gasteiger partial charge in [0.2, 0.25) is 0 Å². The number of carbonyl (C=O) groups is 2. The Balaban J connectivity index is 1.11. The second-order valence-electron chi connectivity index (χ2n) is 12.5. The van der Waals surface area contributed by atoms with Crippen molar-refractivity contribution in [2.24, 2.45) is 11.8 Å². The summed E-state index contributed by atoms with van der Waals surface area (Å²) in [4.78, 5) is 28.5. The van der Waals surface area contributed by atoms with Gasteiger partial charge in [-0.2, -0.15) is 0 Å². The summed E-state index contributed by atoms with van der Waals surface area (Å²) in [5, 5.41) is 10.1. The number of aliphatic hydroxyl groups is 1. The molecule has 3 aliphatic rings. The molecule has 0 spiro atoms. The molecular formula is C37H41NO8S2. The number of hydrogen-bond donors (Lipinski definition) is 1. The van der Waals surface area contributed by atoms with Gasteiger partial charge in [0.05, 0.1) is 38.8 Å². The fourth-order valence-corrected chi connectivity index (χ4v) is 8.22. The second-order valence-corrected chi connectivity index (χ2v) is 14.2. The van der Waals surface area contributed by atoms with Crippen molar-refractivity contribution in [3.63, 3.8) is 0 Å². The van der Waals surface area contributed by atoms with Crippen LogP contribution in [0.15, 0.2) is 63.9 Å². The molecule has 1 saturated heterocycles. The first-order valence-corrected chi connectivity index (χ1v) is 17.7. The molecule has 2 bridgehead atoms. The monoisotopic (exact) mass is 691 g/mol. The van der Waals surface area contributed by atoms with Gasteiger partial charge in [0.15, 0.2) is 6.29 Å². The van der Waals surface area contributed by atoms with Gasteiger partial charge in [-0.05, 0) is 73.3 Å². The zero-order chi connectivity index (χ0) is 33.6. The molecule has 254 valence electrons. The average molecular weight is 692 g/mol. The first-order chi connectivity index (χ1) is 23.3. The largest absolute Gasteiger partial charge is 0.497 e. The number of amides is 1. The lowest BCUT2D eigenvalue weighted by Gasteiger charge is -2.30. The van der Waals surface area contributed by atoms with Crippen LogP contribution in [0.2, 0.25) is 0 Å². The lowest BCUT2D eigenvalue weighted by Crippen LogP contribution is -2.41. The fraction of sp³-hybridized carbons (Fsp3) is 0.432. The molecule has 2 aliphatic carbocycles. The van der Waals surface area contributed by atoms with Gasteiger partial charge in [-0.1, -0.05) is 60.7 Å². The molecular weight excluding hydrogens is 651 g/mol. The number of furan rings is 1. The maximum Gasteiger partial charge on any atom is 0.305 e. The van der Waals surface area contributed by atoms with Crippen molar-refractivity contribution in [3.05, 3.63) is 76.4 Å². The molecule has 2 heterocycles. The highest BCUT2D eigenvalue weighted by Crippen LogP contribution is 2.49. The predicted octanol–water partition coefficient (Wildman–Crippen LogP) is 7.14. The standard InChI is InChI=1S/C37H41NO8S2/c1-42-28-17-27(18-29(20-28)43-2)31-19-26(9-6-14-44-34(39)12-13-35(40)45-22-23-7-4-3-5-8-23)32(46-31)21-33-36(41)38(37(47)48-33)30-16-24-10-11-25(30)15-24/h3-5,7-8,17-21,24-25,30,35,40H,6,9-16,22H2,1-2H3. The number of rotatable bonds is 15. The molecule has 2 saturated carbocycles. The molecule has 6 rings (SSSR count). The van der Waals surface area contributed by atoms with Gasteiger partial charge in [-0.15, -0.1) is 0 Å². The molecule has 48 heavy (non-hydrogen) atoms. The van der Waals surface area contributed by atoms with Crippen LogP contribution in [0, 0.1) is 11.8 Å². The van der Waals surface area contributed by atoms with Crippen LogP contribution in [-0.4, -0.2) is 59.4 Å². The Bertz CT molecular complexity index is 1630. The van der Waals surface area contributed by atoms with Crippen LogP contribution in [0.1, 0.15) is 61.8 Å². The van der Waals surface area contributed by atoms with E-state index in [1.54, 1.807) is 26.4 Å². The Morgan fingerprint density at radius 1 is 1.10 bits per heavy atom. The van der Waals surface area contributed by atoms with E-state index in [0.29, 0.717) is 56.9 Å². The van der Waals surface area contributed by atoms with Gasteiger partial charge >= 0.3 is 5.97 Å².